The van der Waals surface area contributed by atoms with Gasteiger partial charge < -0.3 is 10.6 Å². The van der Waals surface area contributed by atoms with Gasteiger partial charge in [-0.05, 0) is 37.1 Å². The molecule has 1 aromatic carbocycles. The number of nitrogens with zero attached hydrogens (tertiary/aromatic N) is 1. The molecule has 1 aromatic rings. The first-order valence-electron chi connectivity index (χ1n) is 5.56. The van der Waals surface area contributed by atoms with Crippen molar-refractivity contribution >= 4 is 29.1 Å². The van der Waals surface area contributed by atoms with Crippen LogP contribution in [0.4, 0.5) is 0 Å². The van der Waals surface area contributed by atoms with E-state index in [2.05, 4.69) is 0 Å². The summed E-state index contributed by atoms with van der Waals surface area (Å²) in [6.07, 6.45) is 0.959. The Morgan fingerprint density at radius 3 is 2.88 bits per heavy atom. The molecule has 0 saturated carbocycles. The molecule has 1 aliphatic heterocycles. The van der Waals surface area contributed by atoms with E-state index in [1.165, 1.54) is 0 Å². The molecule has 0 radical (unpaired) electrons. The largest absolute Gasteiger partial charge is 0.338 e. The molecule has 92 valence electrons. The zero-order valence-corrected chi connectivity index (χ0v) is 10.8. The first-order valence-corrected chi connectivity index (χ1v) is 6.32. The highest BCUT2D eigenvalue weighted by Crippen LogP contribution is 2.24. The summed E-state index contributed by atoms with van der Waals surface area (Å²) in [5.41, 5.74) is 6.07. The molecule has 1 aliphatic rings. The van der Waals surface area contributed by atoms with Gasteiger partial charge in [-0.15, -0.1) is 0 Å². The predicted molar refractivity (Wildman–Crippen MR) is 69.5 cm³/mol. The van der Waals surface area contributed by atoms with Gasteiger partial charge >= 0.3 is 0 Å². The minimum Gasteiger partial charge on any atom is -0.338 e. The Balaban J connectivity index is 2.17. The number of halogens is 2. The van der Waals surface area contributed by atoms with Crippen LogP contribution < -0.4 is 5.73 Å². The molecule has 0 bridgehead atoms. The topological polar surface area (TPSA) is 46.3 Å². The van der Waals surface area contributed by atoms with E-state index < -0.39 is 0 Å². The third-order valence-electron chi connectivity index (χ3n) is 3.07. The van der Waals surface area contributed by atoms with Crippen molar-refractivity contribution in [3.8, 4) is 0 Å². The Kier molecular flexibility index (Phi) is 3.92. The van der Waals surface area contributed by atoms with Gasteiger partial charge in [0.25, 0.3) is 5.91 Å². The summed E-state index contributed by atoms with van der Waals surface area (Å²) in [7, 11) is 0. The number of rotatable bonds is 2. The normalized spacial score (nSPS) is 19.7. The maximum absolute atomic E-state index is 12.2. The number of carbonyl (C=O) groups excluding carboxylic acids is 1. The third kappa shape index (κ3) is 2.73. The Bertz CT molecular complexity index is 437. The summed E-state index contributed by atoms with van der Waals surface area (Å²) in [4.78, 5) is 14.0. The fraction of sp³-hybridized carbons (Fsp3) is 0.417. The Labute approximate surface area is 110 Å². The number of carbonyl (C=O) groups is 1. The second-order valence-corrected chi connectivity index (χ2v) is 5.11. The standard InChI is InChI=1S/C12H14Cl2N2O/c13-9-1-2-11(14)10(5-9)12(17)16-4-3-8(6-15)7-16/h1-2,5,8H,3-4,6-7,15H2. The average Bonchev–Trinajstić information content (AvgIpc) is 2.80. The van der Waals surface area contributed by atoms with Crippen molar-refractivity contribution < 1.29 is 4.79 Å². The van der Waals surface area contributed by atoms with Crippen LogP contribution in [0.5, 0.6) is 0 Å². The smallest absolute Gasteiger partial charge is 0.255 e. The van der Waals surface area contributed by atoms with Crippen molar-refractivity contribution in [1.29, 1.82) is 0 Å². The van der Waals surface area contributed by atoms with Crippen molar-refractivity contribution in [3.63, 3.8) is 0 Å². The van der Waals surface area contributed by atoms with Crippen LogP contribution in [-0.2, 0) is 0 Å². The second-order valence-electron chi connectivity index (χ2n) is 4.27. The molecule has 1 amide bonds. The van der Waals surface area contributed by atoms with E-state index in [1.807, 2.05) is 0 Å². The monoisotopic (exact) mass is 272 g/mol. The summed E-state index contributed by atoms with van der Waals surface area (Å²) >= 11 is 11.9. The first kappa shape index (κ1) is 12.7. The van der Waals surface area contributed by atoms with Crippen LogP contribution in [0.1, 0.15) is 16.8 Å². The van der Waals surface area contributed by atoms with E-state index >= 15 is 0 Å². The number of likely N-dealkylation sites (tertiary alicyclic amines) is 1. The lowest BCUT2D eigenvalue weighted by molar-refractivity contribution is 0.0788. The zero-order chi connectivity index (χ0) is 12.4. The molecule has 1 unspecified atom stereocenters. The van der Waals surface area contributed by atoms with Crippen molar-refractivity contribution in [2.45, 2.75) is 6.42 Å². The quantitative estimate of drug-likeness (QED) is 0.899. The van der Waals surface area contributed by atoms with Crippen LogP contribution in [0.25, 0.3) is 0 Å². The highest BCUT2D eigenvalue weighted by Gasteiger charge is 2.27. The number of hydrogen-bond donors (Lipinski definition) is 1. The molecule has 0 aromatic heterocycles. The Hall–Kier alpha value is -0.770. The zero-order valence-electron chi connectivity index (χ0n) is 9.33. The van der Waals surface area contributed by atoms with Crippen LogP contribution >= 0.6 is 23.2 Å². The average molecular weight is 273 g/mol. The summed E-state index contributed by atoms with van der Waals surface area (Å²) in [5.74, 6) is 0.338. The van der Waals surface area contributed by atoms with Gasteiger partial charge in [-0.3, -0.25) is 4.79 Å². The minimum absolute atomic E-state index is 0.0616. The lowest BCUT2D eigenvalue weighted by atomic mass is 10.1. The summed E-state index contributed by atoms with van der Waals surface area (Å²) in [6, 6.07) is 4.93. The van der Waals surface area contributed by atoms with Gasteiger partial charge in [0.15, 0.2) is 0 Å². The van der Waals surface area contributed by atoms with Gasteiger partial charge in [0.05, 0.1) is 10.6 Å². The number of hydrogen-bond acceptors (Lipinski definition) is 2. The Morgan fingerprint density at radius 2 is 2.24 bits per heavy atom. The summed E-state index contributed by atoms with van der Waals surface area (Å²) in [6.45, 7) is 2.06. The number of amides is 1. The molecular formula is C12H14Cl2N2O. The first-order chi connectivity index (χ1) is 8.11. The predicted octanol–water partition coefficient (Wildman–Crippen LogP) is 2.41. The van der Waals surface area contributed by atoms with Crippen molar-refractivity contribution in [2.24, 2.45) is 11.7 Å². The maximum atomic E-state index is 12.2. The molecule has 5 heteroatoms. The molecule has 1 fully saturated rings. The van der Waals surface area contributed by atoms with Crippen LogP contribution in [0.15, 0.2) is 18.2 Å². The van der Waals surface area contributed by atoms with Crippen LogP contribution in [0.2, 0.25) is 10.0 Å². The highest BCUT2D eigenvalue weighted by atomic mass is 35.5. The van der Waals surface area contributed by atoms with Crippen molar-refractivity contribution in [2.75, 3.05) is 19.6 Å². The highest BCUT2D eigenvalue weighted by molar-refractivity contribution is 6.35. The molecule has 1 atom stereocenters. The molecule has 3 nitrogen and oxygen atoms in total. The molecule has 0 aliphatic carbocycles. The van der Waals surface area contributed by atoms with E-state index in [0.29, 0.717) is 34.6 Å². The summed E-state index contributed by atoms with van der Waals surface area (Å²) in [5, 5.41) is 0.961. The molecule has 1 heterocycles. The fourth-order valence-corrected chi connectivity index (χ4v) is 2.41. The van der Waals surface area contributed by atoms with E-state index in [-0.39, 0.29) is 5.91 Å². The van der Waals surface area contributed by atoms with E-state index in [1.54, 1.807) is 23.1 Å². The van der Waals surface area contributed by atoms with Gasteiger partial charge in [0, 0.05) is 18.1 Å². The Morgan fingerprint density at radius 1 is 1.47 bits per heavy atom. The molecule has 1 saturated heterocycles. The van der Waals surface area contributed by atoms with E-state index in [4.69, 9.17) is 28.9 Å². The van der Waals surface area contributed by atoms with Crippen molar-refractivity contribution in [1.82, 2.24) is 4.90 Å². The lowest BCUT2D eigenvalue weighted by Gasteiger charge is -2.17. The maximum Gasteiger partial charge on any atom is 0.255 e. The van der Waals surface area contributed by atoms with Gasteiger partial charge in [-0.25, -0.2) is 0 Å². The fourth-order valence-electron chi connectivity index (χ4n) is 2.04. The number of benzene rings is 1. The van der Waals surface area contributed by atoms with E-state index in [9.17, 15) is 4.79 Å². The SMILES string of the molecule is NCC1CCN(C(=O)c2cc(Cl)ccc2Cl)C1. The molecule has 2 rings (SSSR count). The minimum atomic E-state index is -0.0616. The van der Waals surface area contributed by atoms with Crippen LogP contribution in [0, 0.1) is 5.92 Å². The van der Waals surface area contributed by atoms with Crippen molar-refractivity contribution in [3.05, 3.63) is 33.8 Å². The third-order valence-corrected chi connectivity index (χ3v) is 3.63. The molecule has 0 spiro atoms. The van der Waals surface area contributed by atoms with Gasteiger partial charge in [0.1, 0.15) is 0 Å². The van der Waals surface area contributed by atoms with Gasteiger partial charge in [-0.1, -0.05) is 23.2 Å². The van der Waals surface area contributed by atoms with E-state index in [0.717, 1.165) is 13.0 Å². The lowest BCUT2D eigenvalue weighted by Crippen LogP contribution is -2.30. The van der Waals surface area contributed by atoms with Crippen LogP contribution in [0.3, 0.4) is 0 Å². The molecule has 2 N–H and O–H groups in total. The van der Waals surface area contributed by atoms with Crippen LogP contribution in [-0.4, -0.2) is 30.4 Å². The summed E-state index contributed by atoms with van der Waals surface area (Å²) < 4.78 is 0. The molecular weight excluding hydrogens is 259 g/mol. The van der Waals surface area contributed by atoms with Gasteiger partial charge in [-0.2, -0.15) is 0 Å². The van der Waals surface area contributed by atoms with Gasteiger partial charge in [0.2, 0.25) is 0 Å². The number of nitrogens with two attached hydrogens (primary N) is 1. The second kappa shape index (κ2) is 5.25. The molecule has 17 heavy (non-hydrogen) atoms.